The van der Waals surface area contributed by atoms with Gasteiger partial charge in [-0.2, -0.15) is 0 Å². The van der Waals surface area contributed by atoms with Crippen LogP contribution in [0.15, 0.2) is 53.5 Å². The highest BCUT2D eigenvalue weighted by atomic mass is 35.5. The van der Waals surface area contributed by atoms with Gasteiger partial charge in [0.15, 0.2) is 0 Å². The Balaban J connectivity index is 1.52. The van der Waals surface area contributed by atoms with E-state index in [1.807, 2.05) is 18.3 Å². The summed E-state index contributed by atoms with van der Waals surface area (Å²) in [6.07, 6.45) is 4.07. The van der Waals surface area contributed by atoms with Crippen molar-refractivity contribution >= 4 is 29.4 Å². The van der Waals surface area contributed by atoms with Crippen molar-refractivity contribution in [3.63, 3.8) is 0 Å². The SMILES string of the molecule is Clc1ccc(C=NC2CCN(Cc3ccccc3)CC2)c(Cl)c1. The van der Waals surface area contributed by atoms with E-state index in [0.29, 0.717) is 16.1 Å². The molecule has 0 atom stereocenters. The first-order chi connectivity index (χ1) is 11.2. The van der Waals surface area contributed by atoms with Crippen LogP contribution in [0.3, 0.4) is 0 Å². The van der Waals surface area contributed by atoms with Crippen molar-refractivity contribution in [2.75, 3.05) is 13.1 Å². The molecule has 3 rings (SSSR count). The predicted octanol–water partition coefficient (Wildman–Crippen LogP) is 5.08. The van der Waals surface area contributed by atoms with Crippen LogP contribution in [-0.2, 0) is 6.54 Å². The maximum atomic E-state index is 6.18. The molecule has 0 unspecified atom stereocenters. The summed E-state index contributed by atoms with van der Waals surface area (Å²) in [7, 11) is 0. The highest BCUT2D eigenvalue weighted by molar-refractivity contribution is 6.36. The van der Waals surface area contributed by atoms with Gasteiger partial charge in [-0.05, 0) is 30.5 Å². The molecule has 0 aliphatic carbocycles. The molecule has 1 saturated heterocycles. The van der Waals surface area contributed by atoms with E-state index in [9.17, 15) is 0 Å². The van der Waals surface area contributed by atoms with E-state index in [4.69, 9.17) is 28.2 Å². The van der Waals surface area contributed by atoms with Crippen LogP contribution >= 0.6 is 23.2 Å². The number of hydrogen-bond donors (Lipinski definition) is 0. The van der Waals surface area contributed by atoms with Crippen LogP contribution in [0.2, 0.25) is 10.0 Å². The van der Waals surface area contributed by atoms with Gasteiger partial charge in [-0.1, -0.05) is 59.6 Å². The third-order valence-electron chi connectivity index (χ3n) is 4.19. The number of benzene rings is 2. The average Bonchev–Trinajstić information content (AvgIpc) is 2.56. The standard InChI is InChI=1S/C19H20Cl2N2/c20-17-7-6-16(19(21)12-17)13-22-18-8-10-23(11-9-18)14-15-4-2-1-3-5-15/h1-7,12-13,18H,8-11,14H2. The Morgan fingerprint density at radius 2 is 1.78 bits per heavy atom. The first kappa shape index (κ1) is 16.5. The maximum Gasteiger partial charge on any atom is 0.0524 e. The zero-order valence-corrected chi connectivity index (χ0v) is 14.5. The van der Waals surface area contributed by atoms with Crippen LogP contribution in [0.25, 0.3) is 0 Å². The first-order valence-electron chi connectivity index (χ1n) is 7.95. The smallest absolute Gasteiger partial charge is 0.0524 e. The highest BCUT2D eigenvalue weighted by Gasteiger charge is 2.18. The highest BCUT2D eigenvalue weighted by Crippen LogP contribution is 2.21. The minimum Gasteiger partial charge on any atom is -0.299 e. The molecule has 0 N–H and O–H groups in total. The predicted molar refractivity (Wildman–Crippen MR) is 98.8 cm³/mol. The molecule has 0 saturated carbocycles. The fourth-order valence-corrected chi connectivity index (χ4v) is 3.32. The monoisotopic (exact) mass is 346 g/mol. The van der Waals surface area contributed by atoms with Crippen molar-refractivity contribution in [3.8, 4) is 0 Å². The Morgan fingerprint density at radius 3 is 2.48 bits per heavy atom. The lowest BCUT2D eigenvalue weighted by Gasteiger charge is -2.30. The second kappa shape index (κ2) is 7.96. The molecule has 4 heteroatoms. The normalized spacial score (nSPS) is 17.0. The van der Waals surface area contributed by atoms with E-state index in [-0.39, 0.29) is 0 Å². The molecule has 1 heterocycles. The van der Waals surface area contributed by atoms with Crippen molar-refractivity contribution in [1.82, 2.24) is 4.90 Å². The third-order valence-corrected chi connectivity index (χ3v) is 4.76. The summed E-state index contributed by atoms with van der Waals surface area (Å²) >= 11 is 12.1. The van der Waals surface area contributed by atoms with Gasteiger partial charge < -0.3 is 0 Å². The Labute approximate surface area is 147 Å². The van der Waals surface area contributed by atoms with E-state index in [1.54, 1.807) is 6.07 Å². The van der Waals surface area contributed by atoms with Gasteiger partial charge in [0, 0.05) is 36.4 Å². The van der Waals surface area contributed by atoms with Gasteiger partial charge in [0.25, 0.3) is 0 Å². The summed E-state index contributed by atoms with van der Waals surface area (Å²) in [5, 5.41) is 1.31. The number of nitrogens with zero attached hydrogens (tertiary/aromatic N) is 2. The second-order valence-corrected chi connectivity index (χ2v) is 6.78. The van der Waals surface area contributed by atoms with Crippen LogP contribution < -0.4 is 0 Å². The van der Waals surface area contributed by atoms with E-state index in [2.05, 4.69) is 35.2 Å². The lowest BCUT2D eigenvalue weighted by molar-refractivity contribution is 0.206. The van der Waals surface area contributed by atoms with Crippen LogP contribution in [0.1, 0.15) is 24.0 Å². The van der Waals surface area contributed by atoms with Crippen LogP contribution in [0, 0.1) is 0 Å². The van der Waals surface area contributed by atoms with Gasteiger partial charge in [0.05, 0.1) is 11.1 Å². The van der Waals surface area contributed by atoms with Crippen LogP contribution in [0.4, 0.5) is 0 Å². The van der Waals surface area contributed by atoms with Crippen molar-refractivity contribution in [1.29, 1.82) is 0 Å². The van der Waals surface area contributed by atoms with E-state index in [1.165, 1.54) is 5.56 Å². The zero-order valence-electron chi connectivity index (χ0n) is 13.0. The van der Waals surface area contributed by atoms with Crippen LogP contribution in [-0.4, -0.2) is 30.2 Å². The zero-order chi connectivity index (χ0) is 16.1. The molecule has 0 radical (unpaired) electrons. The number of hydrogen-bond acceptors (Lipinski definition) is 2. The number of halogens is 2. The van der Waals surface area contributed by atoms with Gasteiger partial charge in [-0.15, -0.1) is 0 Å². The molecular weight excluding hydrogens is 327 g/mol. The molecule has 0 spiro atoms. The fraction of sp³-hybridized carbons (Fsp3) is 0.316. The molecule has 0 aromatic heterocycles. The Morgan fingerprint density at radius 1 is 1.04 bits per heavy atom. The maximum absolute atomic E-state index is 6.18. The third kappa shape index (κ3) is 4.81. The van der Waals surface area contributed by atoms with Gasteiger partial charge in [-0.3, -0.25) is 9.89 Å². The number of rotatable bonds is 4. The largest absolute Gasteiger partial charge is 0.299 e. The van der Waals surface area contributed by atoms with Crippen molar-refractivity contribution < 1.29 is 0 Å². The number of piperidine rings is 1. The minimum absolute atomic E-state index is 0.383. The van der Waals surface area contributed by atoms with Crippen molar-refractivity contribution in [2.45, 2.75) is 25.4 Å². The molecule has 120 valence electrons. The molecule has 23 heavy (non-hydrogen) atoms. The topological polar surface area (TPSA) is 15.6 Å². The quantitative estimate of drug-likeness (QED) is 0.705. The lowest BCUT2D eigenvalue weighted by atomic mass is 10.0. The Kier molecular flexibility index (Phi) is 5.71. The number of aliphatic imine (C=N–C) groups is 1. The summed E-state index contributed by atoms with van der Waals surface area (Å²) in [6, 6.07) is 16.5. The van der Waals surface area contributed by atoms with E-state index >= 15 is 0 Å². The first-order valence-corrected chi connectivity index (χ1v) is 8.71. The van der Waals surface area contributed by atoms with Gasteiger partial charge >= 0.3 is 0 Å². The summed E-state index contributed by atoms with van der Waals surface area (Å²) in [5.74, 6) is 0. The van der Waals surface area contributed by atoms with Gasteiger partial charge in [0.1, 0.15) is 0 Å². The molecule has 1 fully saturated rings. The number of likely N-dealkylation sites (tertiary alicyclic amines) is 1. The van der Waals surface area contributed by atoms with Gasteiger partial charge in [-0.25, -0.2) is 0 Å². The Hall–Kier alpha value is -1.35. The van der Waals surface area contributed by atoms with E-state index in [0.717, 1.165) is 38.0 Å². The summed E-state index contributed by atoms with van der Waals surface area (Å²) in [4.78, 5) is 7.20. The molecule has 2 aromatic carbocycles. The second-order valence-electron chi connectivity index (χ2n) is 5.94. The van der Waals surface area contributed by atoms with Crippen molar-refractivity contribution in [2.24, 2.45) is 4.99 Å². The molecule has 0 amide bonds. The molecule has 1 aliphatic rings. The molecule has 2 aromatic rings. The van der Waals surface area contributed by atoms with E-state index < -0.39 is 0 Å². The fourth-order valence-electron chi connectivity index (χ4n) is 2.86. The molecule has 2 nitrogen and oxygen atoms in total. The molecule has 1 aliphatic heterocycles. The summed E-state index contributed by atoms with van der Waals surface area (Å²) in [6.45, 7) is 3.21. The van der Waals surface area contributed by atoms with Crippen LogP contribution in [0.5, 0.6) is 0 Å². The lowest BCUT2D eigenvalue weighted by Crippen LogP contribution is -2.34. The molecular formula is C19H20Cl2N2. The van der Waals surface area contributed by atoms with Gasteiger partial charge in [0.2, 0.25) is 0 Å². The Bertz CT molecular complexity index is 662. The summed E-state index contributed by atoms with van der Waals surface area (Å²) in [5.41, 5.74) is 2.31. The van der Waals surface area contributed by atoms with Crippen molar-refractivity contribution in [3.05, 3.63) is 69.7 Å². The minimum atomic E-state index is 0.383. The summed E-state index contributed by atoms with van der Waals surface area (Å²) < 4.78 is 0. The average molecular weight is 347 g/mol. The molecule has 0 bridgehead atoms.